The number of nitrogens with zero attached hydrogens (tertiary/aromatic N) is 1. The Kier molecular flexibility index (Phi) is 6.58. The summed E-state index contributed by atoms with van der Waals surface area (Å²) in [5.74, 6) is 2.38. The minimum atomic E-state index is -0.484. The van der Waals surface area contributed by atoms with E-state index in [-0.39, 0.29) is 5.75 Å². The van der Waals surface area contributed by atoms with Crippen molar-refractivity contribution in [3.63, 3.8) is 0 Å². The van der Waals surface area contributed by atoms with Crippen LogP contribution in [0.2, 0.25) is 0 Å². The standard InChI is InChI=1S/C30H26N2O4/c1-34-24-16-12-22(13-17-24)31-19-26-29(20-10-14-23(33)15-11-20)32-27-8-3-4-9-28(27)36-30(26)21-6-5-7-25(18-21)35-2/h3-19,30-31,33H,1-2H3/b26-19+. The van der Waals surface area contributed by atoms with Crippen molar-refractivity contribution in [2.45, 2.75) is 6.10 Å². The Labute approximate surface area is 210 Å². The van der Waals surface area contributed by atoms with Crippen LogP contribution in [0.25, 0.3) is 0 Å². The second kappa shape index (κ2) is 10.3. The van der Waals surface area contributed by atoms with E-state index in [9.17, 15) is 5.11 Å². The maximum Gasteiger partial charge on any atom is 0.153 e. The van der Waals surface area contributed by atoms with Crippen LogP contribution in [0.5, 0.6) is 23.0 Å². The van der Waals surface area contributed by atoms with Gasteiger partial charge in [0.05, 0.1) is 19.9 Å². The summed E-state index contributed by atoms with van der Waals surface area (Å²) in [7, 11) is 3.29. The quantitative estimate of drug-likeness (QED) is 0.324. The largest absolute Gasteiger partial charge is 0.508 e. The number of nitrogens with one attached hydrogen (secondary N) is 1. The molecule has 0 saturated heterocycles. The third-order valence-electron chi connectivity index (χ3n) is 5.92. The lowest BCUT2D eigenvalue weighted by Crippen LogP contribution is -2.18. The van der Waals surface area contributed by atoms with Crippen LogP contribution in [-0.2, 0) is 0 Å². The molecule has 4 aromatic carbocycles. The predicted octanol–water partition coefficient (Wildman–Crippen LogP) is 6.66. The third kappa shape index (κ3) is 4.88. The molecule has 0 fully saturated rings. The normalized spacial score (nSPS) is 15.8. The minimum Gasteiger partial charge on any atom is -0.508 e. The highest BCUT2D eigenvalue weighted by Gasteiger charge is 2.28. The van der Waals surface area contributed by atoms with Crippen LogP contribution in [0.1, 0.15) is 17.2 Å². The molecule has 1 atom stereocenters. The number of rotatable bonds is 6. The fourth-order valence-corrected chi connectivity index (χ4v) is 4.04. The summed E-state index contributed by atoms with van der Waals surface area (Å²) in [5, 5.41) is 13.3. The second-order valence-electron chi connectivity index (χ2n) is 8.22. The van der Waals surface area contributed by atoms with Crippen LogP contribution in [0.4, 0.5) is 11.4 Å². The number of anilines is 1. The van der Waals surface area contributed by atoms with Gasteiger partial charge in [-0.1, -0.05) is 24.3 Å². The van der Waals surface area contributed by atoms with Gasteiger partial charge >= 0.3 is 0 Å². The maximum atomic E-state index is 9.90. The highest BCUT2D eigenvalue weighted by atomic mass is 16.5. The summed E-state index contributed by atoms with van der Waals surface area (Å²) >= 11 is 0. The van der Waals surface area contributed by atoms with Crippen LogP contribution in [0, 0.1) is 0 Å². The molecule has 36 heavy (non-hydrogen) atoms. The number of hydrogen-bond donors (Lipinski definition) is 2. The van der Waals surface area contributed by atoms with E-state index in [2.05, 4.69) is 5.32 Å². The van der Waals surface area contributed by atoms with E-state index < -0.39 is 6.10 Å². The second-order valence-corrected chi connectivity index (χ2v) is 8.22. The number of hydrogen-bond acceptors (Lipinski definition) is 6. The summed E-state index contributed by atoms with van der Waals surface area (Å²) in [6.45, 7) is 0. The maximum absolute atomic E-state index is 9.90. The Morgan fingerprint density at radius 1 is 0.833 bits per heavy atom. The molecule has 1 aliphatic heterocycles. The average Bonchev–Trinajstić information content (AvgIpc) is 3.09. The molecule has 0 bridgehead atoms. The van der Waals surface area contributed by atoms with Gasteiger partial charge in [-0.3, -0.25) is 0 Å². The van der Waals surface area contributed by atoms with E-state index in [1.165, 1.54) is 0 Å². The van der Waals surface area contributed by atoms with Crippen LogP contribution >= 0.6 is 0 Å². The van der Waals surface area contributed by atoms with Gasteiger partial charge in [0.1, 0.15) is 28.7 Å². The Balaban J connectivity index is 1.67. The zero-order valence-electron chi connectivity index (χ0n) is 20.0. The smallest absolute Gasteiger partial charge is 0.153 e. The lowest BCUT2D eigenvalue weighted by molar-refractivity contribution is 0.251. The molecule has 1 heterocycles. The Morgan fingerprint density at radius 3 is 2.33 bits per heavy atom. The predicted molar refractivity (Wildman–Crippen MR) is 142 cm³/mol. The molecule has 0 aliphatic carbocycles. The number of aromatic hydroxyl groups is 1. The Bertz CT molecular complexity index is 1410. The van der Waals surface area contributed by atoms with Gasteiger partial charge in [0, 0.05) is 28.6 Å². The first kappa shape index (κ1) is 23.1. The first-order valence-corrected chi connectivity index (χ1v) is 11.5. The van der Waals surface area contributed by atoms with Gasteiger partial charge in [0.15, 0.2) is 6.10 Å². The molecule has 180 valence electrons. The molecular formula is C30H26N2O4. The lowest BCUT2D eigenvalue weighted by Gasteiger charge is -2.22. The van der Waals surface area contributed by atoms with Crippen LogP contribution in [-0.4, -0.2) is 25.0 Å². The zero-order valence-corrected chi connectivity index (χ0v) is 20.0. The summed E-state index contributed by atoms with van der Waals surface area (Å²) < 4.78 is 17.4. The molecule has 6 heteroatoms. The Hall–Kier alpha value is -4.71. The van der Waals surface area contributed by atoms with Crippen molar-refractivity contribution in [1.82, 2.24) is 0 Å². The van der Waals surface area contributed by atoms with Gasteiger partial charge < -0.3 is 24.6 Å². The number of para-hydroxylation sites is 2. The van der Waals surface area contributed by atoms with E-state index in [1.54, 1.807) is 26.4 Å². The molecule has 1 aliphatic rings. The summed E-state index contributed by atoms with van der Waals surface area (Å²) in [5.41, 5.74) is 4.93. The van der Waals surface area contributed by atoms with E-state index >= 15 is 0 Å². The van der Waals surface area contributed by atoms with Gasteiger partial charge in [0.2, 0.25) is 0 Å². The van der Waals surface area contributed by atoms with Crippen LogP contribution < -0.4 is 19.5 Å². The highest BCUT2D eigenvalue weighted by Crippen LogP contribution is 2.41. The zero-order chi connectivity index (χ0) is 24.9. The third-order valence-corrected chi connectivity index (χ3v) is 5.92. The van der Waals surface area contributed by atoms with E-state index in [4.69, 9.17) is 19.2 Å². The molecule has 0 aromatic heterocycles. The number of fused-ring (bicyclic) bond motifs is 1. The van der Waals surface area contributed by atoms with E-state index in [0.717, 1.165) is 45.3 Å². The van der Waals surface area contributed by atoms with Crippen molar-refractivity contribution in [3.8, 4) is 23.0 Å². The number of phenolic OH excluding ortho intramolecular Hbond substituents is 1. The van der Waals surface area contributed by atoms with Crippen molar-refractivity contribution in [2.75, 3.05) is 19.5 Å². The fraction of sp³-hybridized carbons (Fsp3) is 0.100. The number of phenols is 1. The first-order chi connectivity index (χ1) is 17.6. The minimum absolute atomic E-state index is 0.191. The number of aliphatic imine (C=N–C) groups is 1. The molecule has 0 spiro atoms. The van der Waals surface area contributed by atoms with Gasteiger partial charge in [0.25, 0.3) is 0 Å². The Morgan fingerprint density at radius 2 is 1.58 bits per heavy atom. The fourth-order valence-electron chi connectivity index (χ4n) is 4.04. The highest BCUT2D eigenvalue weighted by molar-refractivity contribution is 6.15. The summed E-state index contributed by atoms with van der Waals surface area (Å²) in [4.78, 5) is 5.03. The van der Waals surface area contributed by atoms with Gasteiger partial charge in [-0.2, -0.15) is 0 Å². The van der Waals surface area contributed by atoms with Crippen molar-refractivity contribution in [2.24, 2.45) is 4.99 Å². The molecule has 0 amide bonds. The molecule has 4 aromatic rings. The number of ether oxygens (including phenoxy) is 3. The van der Waals surface area contributed by atoms with Gasteiger partial charge in [-0.25, -0.2) is 4.99 Å². The molecule has 0 saturated carbocycles. The molecule has 1 unspecified atom stereocenters. The monoisotopic (exact) mass is 478 g/mol. The van der Waals surface area contributed by atoms with Crippen LogP contribution in [0.3, 0.4) is 0 Å². The summed E-state index contributed by atoms with van der Waals surface area (Å²) in [6, 6.07) is 30.2. The molecular weight excluding hydrogens is 452 g/mol. The van der Waals surface area contributed by atoms with Crippen molar-refractivity contribution >= 4 is 17.1 Å². The average molecular weight is 479 g/mol. The summed E-state index contributed by atoms with van der Waals surface area (Å²) in [6.07, 6.45) is 1.44. The molecule has 2 N–H and O–H groups in total. The number of methoxy groups -OCH3 is 2. The van der Waals surface area contributed by atoms with Crippen molar-refractivity contribution < 1.29 is 19.3 Å². The van der Waals surface area contributed by atoms with Gasteiger partial charge in [-0.05, 0) is 72.8 Å². The van der Waals surface area contributed by atoms with Crippen molar-refractivity contribution in [1.29, 1.82) is 0 Å². The SMILES string of the molecule is COc1ccc(N/C=C2\C(c3ccc(O)cc3)=Nc3ccccc3OC2c2cccc(OC)c2)cc1. The first-order valence-electron chi connectivity index (χ1n) is 11.5. The van der Waals surface area contributed by atoms with Crippen LogP contribution in [0.15, 0.2) is 114 Å². The lowest BCUT2D eigenvalue weighted by atomic mass is 9.93. The molecule has 5 rings (SSSR count). The van der Waals surface area contributed by atoms with E-state index in [0.29, 0.717) is 5.75 Å². The topological polar surface area (TPSA) is 72.3 Å². The van der Waals surface area contributed by atoms with Gasteiger partial charge in [-0.15, -0.1) is 0 Å². The van der Waals surface area contributed by atoms with Crippen molar-refractivity contribution in [3.05, 3.63) is 120 Å². The number of benzene rings is 4. The van der Waals surface area contributed by atoms with E-state index in [1.807, 2.05) is 91.1 Å². The molecule has 0 radical (unpaired) electrons. The molecule has 6 nitrogen and oxygen atoms in total.